The van der Waals surface area contributed by atoms with Gasteiger partial charge >= 0.3 is 0 Å². The number of anilines is 1. The average Bonchev–Trinajstić information content (AvgIpc) is 2.95. The highest BCUT2D eigenvalue weighted by Crippen LogP contribution is 2.14. The van der Waals surface area contributed by atoms with Gasteiger partial charge in [-0.15, -0.1) is 0 Å². The van der Waals surface area contributed by atoms with Crippen molar-refractivity contribution in [2.24, 2.45) is 5.92 Å². The Bertz CT molecular complexity index is 521. The third-order valence-corrected chi connectivity index (χ3v) is 3.55. The Morgan fingerprint density at radius 2 is 2.40 bits per heavy atom. The summed E-state index contributed by atoms with van der Waals surface area (Å²) >= 11 is 0. The highest BCUT2D eigenvalue weighted by molar-refractivity contribution is 5.81. The molecule has 1 aromatic rings. The van der Waals surface area contributed by atoms with Crippen molar-refractivity contribution in [1.29, 1.82) is 0 Å². The highest BCUT2D eigenvalue weighted by Gasteiger charge is 2.24. The minimum Gasteiger partial charge on any atom is -0.381 e. The normalized spacial score (nSPS) is 18.2. The fourth-order valence-electron chi connectivity index (χ4n) is 2.28. The molecule has 2 heterocycles. The third kappa shape index (κ3) is 3.45. The Labute approximate surface area is 118 Å². The molecule has 110 valence electrons. The van der Waals surface area contributed by atoms with E-state index in [2.05, 4.69) is 12.0 Å². The Kier molecular flexibility index (Phi) is 4.89. The van der Waals surface area contributed by atoms with Crippen LogP contribution in [0.1, 0.15) is 19.8 Å². The van der Waals surface area contributed by atoms with Crippen LogP contribution in [0.15, 0.2) is 17.1 Å². The number of carbonyl (C=O) groups is 1. The molecule has 0 saturated carbocycles. The summed E-state index contributed by atoms with van der Waals surface area (Å²) in [5.41, 5.74) is 0.544. The number of ether oxygens (including phenoxy) is 1. The lowest BCUT2D eigenvalue weighted by molar-refractivity contribution is -0.123. The van der Waals surface area contributed by atoms with Crippen molar-refractivity contribution in [2.45, 2.75) is 26.3 Å². The van der Waals surface area contributed by atoms with Gasteiger partial charge in [0.1, 0.15) is 6.54 Å². The molecule has 6 heteroatoms. The Balaban J connectivity index is 2.05. The van der Waals surface area contributed by atoms with Crippen LogP contribution >= 0.6 is 0 Å². The van der Waals surface area contributed by atoms with Crippen LogP contribution in [0.5, 0.6) is 0 Å². The SMILES string of the molecule is CCCN(C)c1cnn(CC(=O)C2CCOC2)c(=O)c1. The van der Waals surface area contributed by atoms with Crippen LogP contribution in [-0.4, -0.2) is 42.4 Å². The van der Waals surface area contributed by atoms with Gasteiger partial charge in [0.05, 0.1) is 18.5 Å². The van der Waals surface area contributed by atoms with Gasteiger partial charge in [0, 0.05) is 32.2 Å². The Morgan fingerprint density at radius 1 is 1.60 bits per heavy atom. The van der Waals surface area contributed by atoms with E-state index in [1.54, 1.807) is 6.20 Å². The molecule has 1 aromatic heterocycles. The standard InChI is InChI=1S/C14H21N3O3/c1-3-5-16(2)12-7-14(19)17(15-8-12)9-13(18)11-4-6-20-10-11/h7-8,11H,3-6,9-10H2,1-2H3. The first kappa shape index (κ1) is 14.7. The summed E-state index contributed by atoms with van der Waals surface area (Å²) in [4.78, 5) is 26.0. The van der Waals surface area contributed by atoms with E-state index in [0.29, 0.717) is 13.2 Å². The minimum absolute atomic E-state index is 0.0202. The Hall–Kier alpha value is -1.69. The van der Waals surface area contributed by atoms with Crippen molar-refractivity contribution in [2.75, 3.05) is 31.7 Å². The molecular weight excluding hydrogens is 258 g/mol. The van der Waals surface area contributed by atoms with Crippen molar-refractivity contribution in [3.05, 3.63) is 22.6 Å². The molecule has 0 radical (unpaired) electrons. The summed E-state index contributed by atoms with van der Waals surface area (Å²) in [6, 6.07) is 1.53. The van der Waals surface area contributed by atoms with E-state index in [1.807, 2.05) is 11.9 Å². The minimum atomic E-state index is -0.238. The molecular formula is C14H21N3O3. The lowest BCUT2D eigenvalue weighted by Crippen LogP contribution is -2.31. The fraction of sp³-hybridized carbons (Fsp3) is 0.643. The van der Waals surface area contributed by atoms with Crippen LogP contribution < -0.4 is 10.5 Å². The topological polar surface area (TPSA) is 64.4 Å². The zero-order valence-corrected chi connectivity index (χ0v) is 12.0. The van der Waals surface area contributed by atoms with Crippen LogP contribution in [0.4, 0.5) is 5.69 Å². The quantitative estimate of drug-likeness (QED) is 0.767. The van der Waals surface area contributed by atoms with E-state index < -0.39 is 0 Å². The maximum Gasteiger partial charge on any atom is 0.269 e. The van der Waals surface area contributed by atoms with Crippen molar-refractivity contribution >= 4 is 11.5 Å². The third-order valence-electron chi connectivity index (χ3n) is 3.55. The predicted octanol–water partition coefficient (Wildman–Crippen LogP) is 0.695. The first-order valence-corrected chi connectivity index (χ1v) is 7.00. The van der Waals surface area contributed by atoms with Crippen LogP contribution in [-0.2, 0) is 16.1 Å². The summed E-state index contributed by atoms with van der Waals surface area (Å²) in [7, 11) is 1.92. The maximum atomic E-state index is 12.0. The van der Waals surface area contributed by atoms with E-state index in [9.17, 15) is 9.59 Å². The summed E-state index contributed by atoms with van der Waals surface area (Å²) in [6.45, 7) is 4.06. The lowest BCUT2D eigenvalue weighted by Gasteiger charge is -2.18. The van der Waals surface area contributed by atoms with Crippen LogP contribution in [0, 0.1) is 5.92 Å². The van der Waals surface area contributed by atoms with Crippen molar-refractivity contribution in [1.82, 2.24) is 9.78 Å². The van der Waals surface area contributed by atoms with Crippen molar-refractivity contribution < 1.29 is 9.53 Å². The van der Waals surface area contributed by atoms with Gasteiger partial charge in [0.25, 0.3) is 5.56 Å². The Morgan fingerprint density at radius 3 is 3.00 bits per heavy atom. The molecule has 1 fully saturated rings. The molecule has 1 saturated heterocycles. The molecule has 0 aliphatic carbocycles. The number of ketones is 1. The number of carbonyl (C=O) groups excluding carboxylic acids is 1. The zero-order chi connectivity index (χ0) is 14.5. The molecule has 0 bridgehead atoms. The number of hydrogen-bond acceptors (Lipinski definition) is 5. The molecule has 0 spiro atoms. The van der Waals surface area contributed by atoms with E-state index >= 15 is 0 Å². The van der Waals surface area contributed by atoms with Gasteiger partial charge in [0.2, 0.25) is 0 Å². The van der Waals surface area contributed by atoms with Crippen LogP contribution in [0.25, 0.3) is 0 Å². The van der Waals surface area contributed by atoms with Gasteiger partial charge < -0.3 is 9.64 Å². The van der Waals surface area contributed by atoms with Gasteiger partial charge in [-0.1, -0.05) is 6.92 Å². The van der Waals surface area contributed by atoms with Crippen LogP contribution in [0.3, 0.4) is 0 Å². The fourth-order valence-corrected chi connectivity index (χ4v) is 2.28. The molecule has 1 aliphatic rings. The van der Waals surface area contributed by atoms with E-state index in [0.717, 1.165) is 25.1 Å². The van der Waals surface area contributed by atoms with Crippen molar-refractivity contribution in [3.63, 3.8) is 0 Å². The monoisotopic (exact) mass is 279 g/mol. The highest BCUT2D eigenvalue weighted by atomic mass is 16.5. The number of nitrogens with zero attached hydrogens (tertiary/aromatic N) is 3. The molecule has 0 N–H and O–H groups in total. The molecule has 1 atom stereocenters. The lowest BCUT2D eigenvalue weighted by atomic mass is 10.0. The number of aromatic nitrogens is 2. The van der Waals surface area contributed by atoms with Gasteiger partial charge in [0.15, 0.2) is 5.78 Å². The van der Waals surface area contributed by atoms with Crippen molar-refractivity contribution in [3.8, 4) is 0 Å². The molecule has 20 heavy (non-hydrogen) atoms. The van der Waals surface area contributed by atoms with E-state index in [4.69, 9.17) is 4.74 Å². The summed E-state index contributed by atoms with van der Waals surface area (Å²) in [5.74, 6) is -0.0714. The molecule has 1 aliphatic heterocycles. The number of hydrogen-bond donors (Lipinski definition) is 0. The van der Waals surface area contributed by atoms with Gasteiger partial charge in [-0.25, -0.2) is 4.68 Å². The average molecular weight is 279 g/mol. The smallest absolute Gasteiger partial charge is 0.269 e. The molecule has 1 unspecified atom stereocenters. The first-order valence-electron chi connectivity index (χ1n) is 7.00. The molecule has 2 rings (SSSR count). The van der Waals surface area contributed by atoms with E-state index in [1.165, 1.54) is 10.7 Å². The van der Waals surface area contributed by atoms with E-state index in [-0.39, 0.29) is 23.8 Å². The molecule has 0 aromatic carbocycles. The summed E-state index contributed by atoms with van der Waals surface area (Å²) in [5, 5.41) is 4.09. The largest absolute Gasteiger partial charge is 0.381 e. The first-order chi connectivity index (χ1) is 9.61. The second-order valence-electron chi connectivity index (χ2n) is 5.16. The van der Waals surface area contributed by atoms with Gasteiger partial charge in [-0.3, -0.25) is 9.59 Å². The number of rotatable bonds is 6. The molecule has 6 nitrogen and oxygen atoms in total. The summed E-state index contributed by atoms with van der Waals surface area (Å²) < 4.78 is 6.41. The molecule has 0 amide bonds. The second-order valence-corrected chi connectivity index (χ2v) is 5.16. The predicted molar refractivity (Wildman–Crippen MR) is 76.0 cm³/mol. The van der Waals surface area contributed by atoms with Crippen LogP contribution in [0.2, 0.25) is 0 Å². The number of Topliss-reactive ketones (excluding diaryl/α,β-unsaturated/α-hetero) is 1. The van der Waals surface area contributed by atoms with Gasteiger partial charge in [-0.05, 0) is 12.8 Å². The zero-order valence-electron chi connectivity index (χ0n) is 12.0. The van der Waals surface area contributed by atoms with Gasteiger partial charge in [-0.2, -0.15) is 5.10 Å². The second kappa shape index (κ2) is 6.65. The summed E-state index contributed by atoms with van der Waals surface area (Å²) in [6.07, 6.45) is 3.38. The maximum absolute atomic E-state index is 12.0.